The van der Waals surface area contributed by atoms with Crippen LogP contribution in [-0.4, -0.2) is 19.7 Å². The van der Waals surface area contributed by atoms with Crippen molar-refractivity contribution in [2.24, 2.45) is 0 Å². The van der Waals surface area contributed by atoms with Gasteiger partial charge in [0.25, 0.3) is 0 Å². The van der Waals surface area contributed by atoms with E-state index in [1.807, 2.05) is 48.5 Å². The molecule has 1 aromatic heterocycles. The number of thiophene rings is 1. The second-order valence-electron chi connectivity index (χ2n) is 5.12. The lowest BCUT2D eigenvalue weighted by molar-refractivity contribution is 0.0527. The third kappa shape index (κ3) is 3.36. The molecule has 3 aromatic rings. The average molecular weight is 342 g/mol. The number of esters is 1. The van der Waals surface area contributed by atoms with Crippen molar-refractivity contribution < 1.29 is 19.0 Å². The minimum atomic E-state index is -0.348. The molecule has 0 N–H and O–H groups in total. The minimum absolute atomic E-state index is 0.336. The van der Waals surface area contributed by atoms with Crippen molar-refractivity contribution >= 4 is 27.4 Å². The van der Waals surface area contributed by atoms with E-state index in [0.29, 0.717) is 23.8 Å². The molecule has 0 bridgehead atoms. The standard InChI is InChI=1S/C19H18O4S/c1-3-22-19(20)18-17(15-9-4-5-10-16(15)24-18)23-12-13-7-6-8-14(11-13)21-2/h4-11H,3,12H2,1-2H3. The number of ether oxygens (including phenoxy) is 3. The highest BCUT2D eigenvalue weighted by molar-refractivity contribution is 7.21. The van der Waals surface area contributed by atoms with Gasteiger partial charge in [0.2, 0.25) is 0 Å². The fourth-order valence-electron chi connectivity index (χ4n) is 2.41. The van der Waals surface area contributed by atoms with Crippen molar-refractivity contribution in [1.82, 2.24) is 0 Å². The van der Waals surface area contributed by atoms with Crippen molar-refractivity contribution in [2.75, 3.05) is 13.7 Å². The summed E-state index contributed by atoms with van der Waals surface area (Å²) in [7, 11) is 1.63. The lowest BCUT2D eigenvalue weighted by atomic mass is 10.2. The fraction of sp³-hybridized carbons (Fsp3) is 0.211. The molecule has 4 nitrogen and oxygen atoms in total. The molecule has 0 radical (unpaired) electrons. The lowest BCUT2D eigenvalue weighted by Gasteiger charge is -2.09. The first-order chi connectivity index (χ1) is 11.7. The van der Waals surface area contributed by atoms with Gasteiger partial charge in [-0.2, -0.15) is 0 Å². The highest BCUT2D eigenvalue weighted by Gasteiger charge is 2.20. The zero-order chi connectivity index (χ0) is 16.9. The van der Waals surface area contributed by atoms with Crippen molar-refractivity contribution in [3.8, 4) is 11.5 Å². The molecule has 0 aliphatic heterocycles. The van der Waals surface area contributed by atoms with Gasteiger partial charge in [-0.3, -0.25) is 0 Å². The van der Waals surface area contributed by atoms with E-state index in [9.17, 15) is 4.79 Å². The third-order valence-electron chi connectivity index (χ3n) is 3.53. The normalized spacial score (nSPS) is 10.6. The quantitative estimate of drug-likeness (QED) is 0.611. The lowest BCUT2D eigenvalue weighted by Crippen LogP contribution is -2.05. The number of carbonyl (C=O) groups excluding carboxylic acids is 1. The molecular formula is C19H18O4S. The smallest absolute Gasteiger partial charge is 0.352 e. The Balaban J connectivity index is 1.91. The highest BCUT2D eigenvalue weighted by atomic mass is 32.1. The van der Waals surface area contributed by atoms with E-state index in [-0.39, 0.29) is 5.97 Å². The van der Waals surface area contributed by atoms with Crippen LogP contribution in [0.2, 0.25) is 0 Å². The van der Waals surface area contributed by atoms with E-state index in [0.717, 1.165) is 21.4 Å². The number of benzene rings is 2. The van der Waals surface area contributed by atoms with Crippen LogP contribution in [-0.2, 0) is 11.3 Å². The van der Waals surface area contributed by atoms with Gasteiger partial charge in [-0.05, 0) is 36.8 Å². The predicted molar refractivity (Wildman–Crippen MR) is 95.1 cm³/mol. The van der Waals surface area contributed by atoms with Gasteiger partial charge in [-0.25, -0.2) is 4.79 Å². The van der Waals surface area contributed by atoms with Crippen molar-refractivity contribution in [3.63, 3.8) is 0 Å². The second kappa shape index (κ2) is 7.36. The first-order valence-electron chi connectivity index (χ1n) is 7.67. The van der Waals surface area contributed by atoms with Crippen LogP contribution < -0.4 is 9.47 Å². The molecule has 0 saturated carbocycles. The maximum Gasteiger partial charge on any atom is 0.352 e. The van der Waals surface area contributed by atoms with Crippen LogP contribution in [0.25, 0.3) is 10.1 Å². The molecule has 0 aliphatic carbocycles. The molecule has 24 heavy (non-hydrogen) atoms. The zero-order valence-electron chi connectivity index (χ0n) is 13.6. The molecule has 5 heteroatoms. The van der Waals surface area contributed by atoms with Gasteiger partial charge in [-0.15, -0.1) is 11.3 Å². The Kier molecular flexibility index (Phi) is 5.01. The molecular weight excluding hydrogens is 324 g/mol. The molecule has 2 aromatic carbocycles. The molecule has 0 unspecified atom stereocenters. The van der Waals surface area contributed by atoms with Crippen LogP contribution in [0.4, 0.5) is 0 Å². The number of hydrogen-bond donors (Lipinski definition) is 0. The summed E-state index contributed by atoms with van der Waals surface area (Å²) in [5.74, 6) is 1.01. The Morgan fingerprint density at radius 2 is 1.96 bits per heavy atom. The molecule has 0 fully saturated rings. The maximum absolute atomic E-state index is 12.2. The summed E-state index contributed by atoms with van der Waals surface area (Å²) >= 11 is 1.39. The van der Waals surface area contributed by atoms with Gasteiger partial charge in [0.15, 0.2) is 10.6 Å². The summed E-state index contributed by atoms with van der Waals surface area (Å²) < 4.78 is 17.4. The van der Waals surface area contributed by atoms with Gasteiger partial charge in [0.05, 0.1) is 13.7 Å². The SMILES string of the molecule is CCOC(=O)c1sc2ccccc2c1OCc1cccc(OC)c1. The Bertz CT molecular complexity index is 853. The van der Waals surface area contributed by atoms with Gasteiger partial charge < -0.3 is 14.2 Å². The number of hydrogen-bond acceptors (Lipinski definition) is 5. The number of fused-ring (bicyclic) bond motifs is 1. The van der Waals surface area contributed by atoms with Crippen LogP contribution in [0.1, 0.15) is 22.2 Å². The van der Waals surface area contributed by atoms with Crippen molar-refractivity contribution in [1.29, 1.82) is 0 Å². The van der Waals surface area contributed by atoms with Gasteiger partial charge in [0.1, 0.15) is 12.4 Å². The van der Waals surface area contributed by atoms with Gasteiger partial charge in [0, 0.05) is 10.1 Å². The third-order valence-corrected chi connectivity index (χ3v) is 4.66. The summed E-state index contributed by atoms with van der Waals surface area (Å²) in [5, 5.41) is 0.924. The van der Waals surface area contributed by atoms with Crippen LogP contribution >= 0.6 is 11.3 Å². The Labute approximate surface area is 144 Å². The highest BCUT2D eigenvalue weighted by Crippen LogP contribution is 2.38. The van der Waals surface area contributed by atoms with Crippen LogP contribution in [0.3, 0.4) is 0 Å². The predicted octanol–water partition coefficient (Wildman–Crippen LogP) is 4.67. The fourth-order valence-corrected chi connectivity index (χ4v) is 3.45. The molecule has 1 heterocycles. The average Bonchev–Trinajstić information content (AvgIpc) is 2.99. The molecule has 124 valence electrons. The minimum Gasteiger partial charge on any atom is -0.497 e. The summed E-state index contributed by atoms with van der Waals surface area (Å²) in [6.07, 6.45) is 0. The summed E-state index contributed by atoms with van der Waals surface area (Å²) in [4.78, 5) is 12.7. The first kappa shape index (κ1) is 16.3. The van der Waals surface area contributed by atoms with Crippen LogP contribution in [0, 0.1) is 0 Å². The molecule has 0 saturated heterocycles. The monoisotopic (exact) mass is 342 g/mol. The van der Waals surface area contributed by atoms with E-state index in [4.69, 9.17) is 14.2 Å². The Hall–Kier alpha value is -2.53. The molecule has 0 aliphatic rings. The topological polar surface area (TPSA) is 44.8 Å². The van der Waals surface area contributed by atoms with Crippen LogP contribution in [0.15, 0.2) is 48.5 Å². The van der Waals surface area contributed by atoms with Gasteiger partial charge >= 0.3 is 5.97 Å². The van der Waals surface area contributed by atoms with E-state index < -0.39 is 0 Å². The van der Waals surface area contributed by atoms with Crippen molar-refractivity contribution in [3.05, 3.63) is 59.0 Å². The summed E-state index contributed by atoms with van der Waals surface area (Å²) in [5.41, 5.74) is 0.972. The molecule has 3 rings (SSSR count). The Morgan fingerprint density at radius 3 is 2.75 bits per heavy atom. The van der Waals surface area contributed by atoms with E-state index in [2.05, 4.69) is 0 Å². The summed E-state index contributed by atoms with van der Waals surface area (Å²) in [6, 6.07) is 15.5. The van der Waals surface area contributed by atoms with Crippen molar-refractivity contribution in [2.45, 2.75) is 13.5 Å². The largest absolute Gasteiger partial charge is 0.497 e. The van der Waals surface area contributed by atoms with Gasteiger partial charge in [-0.1, -0.05) is 24.3 Å². The summed E-state index contributed by atoms with van der Waals surface area (Å²) in [6.45, 7) is 2.48. The second-order valence-corrected chi connectivity index (χ2v) is 6.17. The van der Waals surface area contributed by atoms with Crippen LogP contribution in [0.5, 0.6) is 11.5 Å². The zero-order valence-corrected chi connectivity index (χ0v) is 14.4. The van der Waals surface area contributed by atoms with E-state index in [1.165, 1.54) is 11.3 Å². The maximum atomic E-state index is 12.2. The first-order valence-corrected chi connectivity index (χ1v) is 8.49. The molecule has 0 spiro atoms. The molecule has 0 amide bonds. The number of methoxy groups -OCH3 is 1. The Morgan fingerprint density at radius 1 is 1.12 bits per heavy atom. The molecule has 0 atom stereocenters. The number of rotatable bonds is 6. The number of carbonyl (C=O) groups is 1. The van der Waals surface area contributed by atoms with E-state index in [1.54, 1.807) is 14.0 Å². The van der Waals surface area contributed by atoms with E-state index >= 15 is 0 Å².